The first-order chi connectivity index (χ1) is 20.5. The van der Waals surface area contributed by atoms with E-state index in [2.05, 4.69) is 17.4 Å². The van der Waals surface area contributed by atoms with E-state index in [1.807, 2.05) is 97.1 Å². The van der Waals surface area contributed by atoms with E-state index in [-0.39, 0.29) is 19.1 Å². The summed E-state index contributed by atoms with van der Waals surface area (Å²) in [4.78, 5) is 41.2. The molecule has 1 fully saturated rings. The number of rotatable bonds is 7. The highest BCUT2D eigenvalue weighted by Gasteiger charge is 2.40. The molecule has 212 valence electrons. The number of benzene rings is 4. The van der Waals surface area contributed by atoms with Crippen molar-refractivity contribution in [1.29, 1.82) is 0 Å². The van der Waals surface area contributed by atoms with Gasteiger partial charge in [0.2, 0.25) is 0 Å². The molecule has 4 aromatic carbocycles. The Kier molecular flexibility index (Phi) is 7.84. The van der Waals surface area contributed by atoms with Gasteiger partial charge in [-0.25, -0.2) is 4.79 Å². The molecule has 4 aromatic rings. The van der Waals surface area contributed by atoms with Crippen LogP contribution in [0.5, 0.6) is 0 Å². The Bertz CT molecular complexity index is 1540. The number of hydrogen-bond acceptors (Lipinski definition) is 5. The summed E-state index contributed by atoms with van der Waals surface area (Å²) in [6.07, 6.45) is -1.69. The molecular formula is C35H32N2O5. The number of fused-ring (bicyclic) bond motifs is 3. The number of nitrogens with one attached hydrogen (secondary N) is 1. The van der Waals surface area contributed by atoms with E-state index in [1.165, 1.54) is 4.90 Å². The van der Waals surface area contributed by atoms with Crippen molar-refractivity contribution >= 4 is 17.9 Å². The van der Waals surface area contributed by atoms with Crippen LogP contribution in [0.25, 0.3) is 11.1 Å². The summed E-state index contributed by atoms with van der Waals surface area (Å²) in [6.45, 7) is 1.76. The van der Waals surface area contributed by atoms with Crippen LogP contribution in [-0.4, -0.2) is 48.1 Å². The van der Waals surface area contributed by atoms with Crippen molar-refractivity contribution < 1.29 is 23.9 Å². The number of amides is 3. The van der Waals surface area contributed by atoms with Crippen LogP contribution in [0, 0.1) is 0 Å². The maximum atomic E-state index is 13.6. The lowest BCUT2D eigenvalue weighted by atomic mass is 9.98. The lowest BCUT2D eigenvalue weighted by Gasteiger charge is -2.37. The number of carbonyl (C=O) groups is 3. The lowest BCUT2D eigenvalue weighted by Crippen LogP contribution is -2.57. The smallest absolute Gasteiger partial charge is 0.407 e. The van der Waals surface area contributed by atoms with Crippen LogP contribution in [0.3, 0.4) is 0 Å². The number of morpholine rings is 1. The summed E-state index contributed by atoms with van der Waals surface area (Å²) >= 11 is 0. The quantitative estimate of drug-likeness (QED) is 0.316. The van der Waals surface area contributed by atoms with Gasteiger partial charge in [0.25, 0.3) is 11.8 Å². The summed E-state index contributed by atoms with van der Waals surface area (Å²) in [5.74, 6) is -1.02. The van der Waals surface area contributed by atoms with E-state index < -0.39 is 36.2 Å². The van der Waals surface area contributed by atoms with Crippen molar-refractivity contribution in [2.45, 2.75) is 37.5 Å². The molecule has 0 bridgehead atoms. The highest BCUT2D eigenvalue weighted by Crippen LogP contribution is 2.44. The molecule has 42 heavy (non-hydrogen) atoms. The first-order valence-corrected chi connectivity index (χ1v) is 14.2. The minimum absolute atomic E-state index is 0.0592. The number of imide groups is 1. The minimum Gasteiger partial charge on any atom is -0.449 e. The van der Waals surface area contributed by atoms with Gasteiger partial charge in [0.15, 0.2) is 0 Å². The van der Waals surface area contributed by atoms with Gasteiger partial charge in [0.05, 0.1) is 6.54 Å². The topological polar surface area (TPSA) is 84.9 Å². The fourth-order valence-electron chi connectivity index (χ4n) is 5.86. The molecule has 0 spiro atoms. The fourth-order valence-corrected chi connectivity index (χ4v) is 5.86. The van der Waals surface area contributed by atoms with Gasteiger partial charge < -0.3 is 14.8 Å². The van der Waals surface area contributed by atoms with Crippen LogP contribution in [0.15, 0.2) is 109 Å². The Labute approximate surface area is 245 Å². The lowest BCUT2D eigenvalue weighted by molar-refractivity contribution is -0.170. The molecule has 7 nitrogen and oxygen atoms in total. The molecule has 1 N–H and O–H groups in total. The van der Waals surface area contributed by atoms with Gasteiger partial charge in [-0.05, 0) is 40.3 Å². The van der Waals surface area contributed by atoms with E-state index in [9.17, 15) is 14.4 Å². The third-order valence-electron chi connectivity index (χ3n) is 7.97. The second kappa shape index (κ2) is 12.0. The molecule has 1 heterocycles. The predicted molar refractivity (Wildman–Crippen MR) is 159 cm³/mol. The minimum atomic E-state index is -0.975. The molecule has 7 heteroatoms. The summed E-state index contributed by atoms with van der Waals surface area (Å²) in [5, 5.41) is 2.64. The van der Waals surface area contributed by atoms with Crippen LogP contribution in [0.4, 0.5) is 4.79 Å². The van der Waals surface area contributed by atoms with Crippen LogP contribution in [0.2, 0.25) is 0 Å². The van der Waals surface area contributed by atoms with E-state index in [4.69, 9.17) is 9.47 Å². The largest absolute Gasteiger partial charge is 0.449 e. The van der Waals surface area contributed by atoms with Gasteiger partial charge in [0, 0.05) is 12.3 Å². The Morgan fingerprint density at radius 2 is 1.43 bits per heavy atom. The van der Waals surface area contributed by atoms with Crippen LogP contribution in [-0.2, 0) is 25.5 Å². The molecule has 3 atom stereocenters. The monoisotopic (exact) mass is 560 g/mol. The Morgan fingerprint density at radius 1 is 0.857 bits per heavy atom. The Morgan fingerprint density at radius 3 is 2.07 bits per heavy atom. The van der Waals surface area contributed by atoms with Gasteiger partial charge in [-0.3, -0.25) is 14.5 Å². The number of carbonyl (C=O) groups excluding carboxylic acids is 3. The first-order valence-electron chi connectivity index (χ1n) is 14.2. The molecule has 0 aromatic heterocycles. The van der Waals surface area contributed by atoms with E-state index >= 15 is 0 Å². The molecule has 1 aliphatic carbocycles. The molecule has 1 aliphatic heterocycles. The molecule has 6 rings (SSSR count). The number of hydrogen-bond donors (Lipinski definition) is 1. The SMILES string of the molecule is C[C@H](NC(=O)OCC1c2ccccc2-c2ccccc21)C(=O)N1C[C@@H](c2ccccc2)O[C@@H](Cc2ccccc2)C1=O. The average Bonchev–Trinajstić information content (AvgIpc) is 3.35. The molecule has 3 amide bonds. The zero-order valence-corrected chi connectivity index (χ0v) is 23.3. The molecular weight excluding hydrogens is 528 g/mol. The summed E-state index contributed by atoms with van der Waals surface area (Å²) in [6, 6.07) is 34.3. The van der Waals surface area contributed by atoms with Gasteiger partial charge in [-0.1, -0.05) is 109 Å². The van der Waals surface area contributed by atoms with Crippen molar-refractivity contribution in [2.24, 2.45) is 0 Å². The standard InChI is InChI=1S/C35H32N2O5/c1-23(36-35(40)41-22-30-28-18-10-8-16-26(28)27-17-9-11-19-29(27)30)33(38)37-21-32(25-14-6-3-7-15-25)42-31(34(37)39)20-24-12-4-2-5-13-24/h2-19,23,30-32H,20-22H2,1H3,(H,36,40)/t23-,31-,32-/m0/s1. The molecule has 1 saturated heterocycles. The zero-order chi connectivity index (χ0) is 29.1. The third kappa shape index (κ3) is 5.56. The number of ether oxygens (including phenoxy) is 2. The average molecular weight is 561 g/mol. The first kappa shape index (κ1) is 27.4. The highest BCUT2D eigenvalue weighted by molar-refractivity contribution is 6.01. The molecule has 2 aliphatic rings. The highest BCUT2D eigenvalue weighted by atomic mass is 16.5. The second-order valence-electron chi connectivity index (χ2n) is 10.7. The van der Waals surface area contributed by atoms with E-state index in [0.29, 0.717) is 6.42 Å². The van der Waals surface area contributed by atoms with Crippen LogP contribution in [0.1, 0.15) is 41.2 Å². The normalized spacial score (nSPS) is 18.6. The molecule has 0 unspecified atom stereocenters. The van der Waals surface area contributed by atoms with E-state index in [1.54, 1.807) is 6.92 Å². The summed E-state index contributed by atoms with van der Waals surface area (Å²) in [5.41, 5.74) is 6.28. The van der Waals surface area contributed by atoms with Crippen molar-refractivity contribution in [3.63, 3.8) is 0 Å². The number of alkyl carbamates (subject to hydrolysis) is 1. The zero-order valence-electron chi connectivity index (χ0n) is 23.3. The van der Waals surface area contributed by atoms with Gasteiger partial charge in [0.1, 0.15) is 24.9 Å². The van der Waals surface area contributed by atoms with Crippen molar-refractivity contribution in [3.05, 3.63) is 131 Å². The van der Waals surface area contributed by atoms with Crippen molar-refractivity contribution in [3.8, 4) is 11.1 Å². The van der Waals surface area contributed by atoms with Crippen LogP contribution < -0.4 is 5.32 Å². The molecule has 0 radical (unpaired) electrons. The number of nitrogens with zero attached hydrogens (tertiary/aromatic N) is 1. The summed E-state index contributed by atoms with van der Waals surface area (Å²) < 4.78 is 11.9. The third-order valence-corrected chi connectivity index (χ3v) is 7.97. The molecule has 0 saturated carbocycles. The fraction of sp³-hybridized carbons (Fsp3) is 0.229. The Balaban J connectivity index is 1.13. The van der Waals surface area contributed by atoms with Gasteiger partial charge >= 0.3 is 6.09 Å². The predicted octanol–water partition coefficient (Wildman–Crippen LogP) is 5.65. The van der Waals surface area contributed by atoms with Gasteiger partial charge in [-0.2, -0.15) is 0 Å². The van der Waals surface area contributed by atoms with Crippen molar-refractivity contribution in [1.82, 2.24) is 10.2 Å². The second-order valence-corrected chi connectivity index (χ2v) is 10.7. The summed E-state index contributed by atoms with van der Waals surface area (Å²) in [7, 11) is 0. The Hall–Kier alpha value is -4.75. The maximum absolute atomic E-state index is 13.6. The van der Waals surface area contributed by atoms with Crippen LogP contribution >= 0.6 is 0 Å². The van der Waals surface area contributed by atoms with Crippen molar-refractivity contribution in [2.75, 3.05) is 13.2 Å². The van der Waals surface area contributed by atoms with Gasteiger partial charge in [-0.15, -0.1) is 0 Å². The van der Waals surface area contributed by atoms with E-state index in [0.717, 1.165) is 33.4 Å². The maximum Gasteiger partial charge on any atom is 0.407 e.